The number of aryl methyl sites for hydroxylation is 1. The molecule has 0 aliphatic rings. The fourth-order valence-electron chi connectivity index (χ4n) is 2.03. The largest absolute Gasteiger partial charge is 0.347 e. The Hall–Kier alpha value is -2.21. The molecular weight excluding hydrogens is 302 g/mol. The number of rotatable bonds is 5. The summed E-state index contributed by atoms with van der Waals surface area (Å²) in [6, 6.07) is 7.67. The van der Waals surface area contributed by atoms with E-state index in [2.05, 4.69) is 32.5 Å². The van der Waals surface area contributed by atoms with Crippen LogP contribution in [0.25, 0.3) is 0 Å². The summed E-state index contributed by atoms with van der Waals surface area (Å²) in [4.78, 5) is 23.7. The van der Waals surface area contributed by atoms with E-state index < -0.39 is 0 Å². The number of amides is 1. The lowest BCUT2D eigenvalue weighted by atomic mass is 10.1. The lowest BCUT2D eigenvalue weighted by Gasteiger charge is -2.18. The number of hydrogen-bond acceptors (Lipinski definition) is 5. The molecule has 0 bridgehead atoms. The van der Waals surface area contributed by atoms with Crippen LogP contribution in [-0.4, -0.2) is 20.9 Å². The number of carbonyl (C=O) groups excluding carboxylic acids is 1. The molecule has 1 aromatic carbocycles. The van der Waals surface area contributed by atoms with Gasteiger partial charge in [0.15, 0.2) is 0 Å². The highest BCUT2D eigenvalue weighted by molar-refractivity contribution is 6.30. The maximum absolute atomic E-state index is 11.1. The van der Waals surface area contributed by atoms with E-state index in [4.69, 9.17) is 11.6 Å². The molecule has 1 unspecified atom stereocenters. The summed E-state index contributed by atoms with van der Waals surface area (Å²) in [5.41, 5.74) is 1.09. The molecule has 2 rings (SSSR count). The fraction of sp³-hybridized carbons (Fsp3) is 0.333. The van der Waals surface area contributed by atoms with E-state index in [0.717, 1.165) is 12.0 Å². The van der Waals surface area contributed by atoms with Gasteiger partial charge < -0.3 is 5.32 Å². The molecule has 0 saturated heterocycles. The SMILES string of the molecule is CCC(Nc1nc(C)nc(NC(C)=O)n1)c1ccc(Cl)cc1. The topological polar surface area (TPSA) is 79.8 Å². The molecule has 1 atom stereocenters. The summed E-state index contributed by atoms with van der Waals surface area (Å²) in [6.07, 6.45) is 0.849. The molecule has 1 heterocycles. The molecule has 2 N–H and O–H groups in total. The van der Waals surface area contributed by atoms with Crippen LogP contribution in [-0.2, 0) is 4.79 Å². The van der Waals surface area contributed by atoms with E-state index in [1.54, 1.807) is 6.92 Å². The highest BCUT2D eigenvalue weighted by atomic mass is 35.5. The molecule has 0 saturated carbocycles. The molecule has 0 fully saturated rings. The van der Waals surface area contributed by atoms with Crippen molar-refractivity contribution in [2.24, 2.45) is 0 Å². The minimum Gasteiger partial charge on any atom is -0.347 e. The molecule has 116 valence electrons. The second kappa shape index (κ2) is 7.17. The minimum atomic E-state index is -0.221. The van der Waals surface area contributed by atoms with Gasteiger partial charge in [-0.15, -0.1) is 0 Å². The number of nitrogens with one attached hydrogen (secondary N) is 2. The fourth-order valence-corrected chi connectivity index (χ4v) is 2.16. The number of hydrogen-bond donors (Lipinski definition) is 2. The van der Waals surface area contributed by atoms with Gasteiger partial charge in [-0.25, -0.2) is 0 Å². The Morgan fingerprint density at radius 3 is 2.41 bits per heavy atom. The average Bonchev–Trinajstić information content (AvgIpc) is 2.44. The van der Waals surface area contributed by atoms with Gasteiger partial charge in [0.1, 0.15) is 5.82 Å². The molecule has 2 aromatic rings. The van der Waals surface area contributed by atoms with Crippen LogP contribution in [0.4, 0.5) is 11.9 Å². The highest BCUT2D eigenvalue weighted by Gasteiger charge is 2.12. The predicted molar refractivity (Wildman–Crippen MR) is 87.0 cm³/mol. The van der Waals surface area contributed by atoms with Crippen LogP contribution in [0.1, 0.15) is 37.7 Å². The lowest BCUT2D eigenvalue weighted by Crippen LogP contribution is -2.16. The summed E-state index contributed by atoms with van der Waals surface area (Å²) < 4.78 is 0. The Morgan fingerprint density at radius 1 is 1.18 bits per heavy atom. The number of halogens is 1. The molecule has 22 heavy (non-hydrogen) atoms. The summed E-state index contributed by atoms with van der Waals surface area (Å²) in [5, 5.41) is 6.53. The van der Waals surface area contributed by atoms with Crippen molar-refractivity contribution < 1.29 is 4.79 Å². The summed E-state index contributed by atoms with van der Waals surface area (Å²) >= 11 is 5.92. The predicted octanol–water partition coefficient (Wildman–Crippen LogP) is 3.36. The number of aromatic nitrogens is 3. The maximum atomic E-state index is 11.1. The Labute approximate surface area is 134 Å². The van der Waals surface area contributed by atoms with E-state index in [1.165, 1.54) is 6.92 Å². The Balaban J connectivity index is 2.21. The van der Waals surface area contributed by atoms with E-state index >= 15 is 0 Å². The zero-order chi connectivity index (χ0) is 16.1. The lowest BCUT2D eigenvalue weighted by molar-refractivity contribution is -0.114. The zero-order valence-electron chi connectivity index (χ0n) is 12.7. The van der Waals surface area contributed by atoms with Crippen molar-refractivity contribution in [1.29, 1.82) is 0 Å². The number of benzene rings is 1. The molecule has 0 radical (unpaired) electrons. The number of nitrogens with zero attached hydrogens (tertiary/aromatic N) is 3. The van der Waals surface area contributed by atoms with Crippen molar-refractivity contribution in [3.63, 3.8) is 0 Å². The Morgan fingerprint density at radius 2 is 1.82 bits per heavy atom. The normalized spacial score (nSPS) is 11.8. The van der Waals surface area contributed by atoms with Gasteiger partial charge in [-0.2, -0.15) is 15.0 Å². The van der Waals surface area contributed by atoms with Crippen molar-refractivity contribution >= 4 is 29.4 Å². The first-order valence-corrected chi connectivity index (χ1v) is 7.38. The smallest absolute Gasteiger partial charge is 0.234 e. The molecule has 0 aliphatic carbocycles. The van der Waals surface area contributed by atoms with Crippen LogP contribution in [0.15, 0.2) is 24.3 Å². The molecule has 0 aliphatic heterocycles. The molecule has 0 spiro atoms. The van der Waals surface area contributed by atoms with Crippen molar-refractivity contribution in [2.45, 2.75) is 33.2 Å². The van der Waals surface area contributed by atoms with E-state index in [1.807, 2.05) is 24.3 Å². The van der Waals surface area contributed by atoms with Gasteiger partial charge in [0.2, 0.25) is 17.8 Å². The van der Waals surface area contributed by atoms with Gasteiger partial charge in [-0.1, -0.05) is 30.7 Å². The van der Waals surface area contributed by atoms with Crippen LogP contribution in [0.3, 0.4) is 0 Å². The third-order valence-corrected chi connectivity index (χ3v) is 3.27. The van der Waals surface area contributed by atoms with Gasteiger partial charge in [-0.05, 0) is 31.0 Å². The second-order valence-electron chi connectivity index (χ2n) is 4.87. The molecular formula is C15H18ClN5O. The number of anilines is 2. The third kappa shape index (κ3) is 4.39. The second-order valence-corrected chi connectivity index (χ2v) is 5.30. The Kier molecular flexibility index (Phi) is 5.27. The minimum absolute atomic E-state index is 0.0456. The van der Waals surface area contributed by atoms with Crippen molar-refractivity contribution in [1.82, 2.24) is 15.0 Å². The van der Waals surface area contributed by atoms with Crippen molar-refractivity contribution in [2.75, 3.05) is 10.6 Å². The molecule has 1 aromatic heterocycles. The summed E-state index contributed by atoms with van der Waals surface area (Å²) in [6.45, 7) is 5.23. The van der Waals surface area contributed by atoms with Crippen LogP contribution in [0, 0.1) is 6.92 Å². The zero-order valence-corrected chi connectivity index (χ0v) is 13.5. The third-order valence-electron chi connectivity index (χ3n) is 3.02. The first-order chi connectivity index (χ1) is 10.5. The van der Waals surface area contributed by atoms with Gasteiger partial charge in [0.05, 0.1) is 6.04 Å². The molecule has 1 amide bonds. The summed E-state index contributed by atoms with van der Waals surface area (Å²) in [7, 11) is 0. The first-order valence-electron chi connectivity index (χ1n) is 7.00. The van der Waals surface area contributed by atoms with Gasteiger partial charge >= 0.3 is 0 Å². The van der Waals surface area contributed by atoms with E-state index in [9.17, 15) is 4.79 Å². The van der Waals surface area contributed by atoms with Crippen LogP contribution in [0.5, 0.6) is 0 Å². The molecule has 6 nitrogen and oxygen atoms in total. The average molecular weight is 320 g/mol. The monoisotopic (exact) mass is 319 g/mol. The first kappa shape index (κ1) is 16.2. The maximum Gasteiger partial charge on any atom is 0.234 e. The number of carbonyl (C=O) groups is 1. The summed E-state index contributed by atoms with van der Waals surface area (Å²) in [5.74, 6) is 0.986. The van der Waals surface area contributed by atoms with Crippen LogP contribution < -0.4 is 10.6 Å². The van der Waals surface area contributed by atoms with Crippen molar-refractivity contribution in [3.05, 3.63) is 40.7 Å². The van der Waals surface area contributed by atoms with E-state index in [-0.39, 0.29) is 17.9 Å². The quantitative estimate of drug-likeness (QED) is 0.883. The van der Waals surface area contributed by atoms with Crippen molar-refractivity contribution in [3.8, 4) is 0 Å². The van der Waals surface area contributed by atoms with E-state index in [0.29, 0.717) is 16.8 Å². The van der Waals surface area contributed by atoms with Gasteiger partial charge in [0, 0.05) is 11.9 Å². The van der Waals surface area contributed by atoms with Gasteiger partial charge in [0.25, 0.3) is 0 Å². The molecule has 7 heteroatoms. The highest BCUT2D eigenvalue weighted by Crippen LogP contribution is 2.22. The van der Waals surface area contributed by atoms with Crippen LogP contribution in [0.2, 0.25) is 5.02 Å². The van der Waals surface area contributed by atoms with Crippen LogP contribution >= 0.6 is 11.6 Å². The van der Waals surface area contributed by atoms with Gasteiger partial charge in [-0.3, -0.25) is 10.1 Å². The standard InChI is InChI=1S/C15H18ClN5O/c1-4-13(11-5-7-12(16)8-6-11)20-15-18-9(2)17-14(21-15)19-10(3)22/h5-8,13H,4H2,1-3H3,(H2,17,18,19,20,21,22). The Bertz CT molecular complexity index is 659.